The molecule has 0 aliphatic rings. The highest BCUT2D eigenvalue weighted by Crippen LogP contribution is 2.35. The molecule has 3 aromatic rings. The minimum absolute atomic E-state index is 0.605. The molecule has 0 saturated carbocycles. The number of carbonyl (C=O) groups is 1. The first kappa shape index (κ1) is 20.2. The molecule has 0 N–H and O–H groups in total. The second-order valence-electron chi connectivity index (χ2n) is 7.34. The maximum Gasteiger partial charge on any atom is 0.167 e. The number of nitrogens with zero attached hydrogens (tertiary/aromatic N) is 1. The molecule has 0 atom stereocenters. The number of unbranched alkanes of at least 4 members (excludes halogenated alkanes) is 5. The zero-order chi connectivity index (χ0) is 19.8. The number of fused-ring (bicyclic) bond motifs is 1. The predicted molar refractivity (Wildman–Crippen MR) is 116 cm³/mol. The van der Waals surface area contributed by atoms with Gasteiger partial charge in [-0.2, -0.15) is 0 Å². The number of benzene rings is 1. The van der Waals surface area contributed by atoms with Crippen molar-refractivity contribution in [2.75, 3.05) is 6.61 Å². The fourth-order valence-electron chi connectivity index (χ4n) is 3.81. The lowest BCUT2D eigenvalue weighted by Crippen LogP contribution is -1.98. The second kappa shape index (κ2) is 10.1. The Bertz CT molecular complexity index is 910. The summed E-state index contributed by atoms with van der Waals surface area (Å²) < 4.78 is 7.83. The highest BCUT2D eigenvalue weighted by molar-refractivity contribution is 5.91. The Balaban J connectivity index is 1.87. The number of pyridine rings is 1. The molecule has 2 heterocycles. The van der Waals surface area contributed by atoms with Gasteiger partial charge >= 0.3 is 0 Å². The van der Waals surface area contributed by atoms with Crippen LogP contribution in [-0.4, -0.2) is 17.3 Å². The van der Waals surface area contributed by atoms with Crippen LogP contribution in [0.25, 0.3) is 16.6 Å². The number of aromatic nitrogens is 1. The van der Waals surface area contributed by atoms with Gasteiger partial charge < -0.3 is 9.14 Å². The SMILES string of the molecule is CCCCCCCCc1ccc(OCC)c(-c2cc3ccccn3c2C=O)c1. The fraction of sp³-hybridized carbons (Fsp3) is 0.400. The molecule has 3 rings (SSSR count). The van der Waals surface area contributed by atoms with Gasteiger partial charge in [-0.25, -0.2) is 0 Å². The van der Waals surface area contributed by atoms with Crippen molar-refractivity contribution in [1.29, 1.82) is 0 Å². The third-order valence-corrected chi connectivity index (χ3v) is 5.28. The molecule has 3 nitrogen and oxygen atoms in total. The molecule has 0 fully saturated rings. The second-order valence-corrected chi connectivity index (χ2v) is 7.34. The summed E-state index contributed by atoms with van der Waals surface area (Å²) >= 11 is 0. The molecule has 2 aromatic heterocycles. The van der Waals surface area contributed by atoms with Crippen LogP contribution in [0.4, 0.5) is 0 Å². The van der Waals surface area contributed by atoms with Crippen molar-refractivity contribution in [3.05, 3.63) is 59.9 Å². The average molecular weight is 378 g/mol. The van der Waals surface area contributed by atoms with Crippen LogP contribution >= 0.6 is 0 Å². The Morgan fingerprint density at radius 3 is 2.54 bits per heavy atom. The highest BCUT2D eigenvalue weighted by atomic mass is 16.5. The summed E-state index contributed by atoms with van der Waals surface area (Å²) in [6.45, 7) is 4.85. The Kier molecular flexibility index (Phi) is 7.30. The number of aryl methyl sites for hydroxylation is 1. The first-order valence-corrected chi connectivity index (χ1v) is 10.6. The largest absolute Gasteiger partial charge is 0.493 e. The van der Waals surface area contributed by atoms with E-state index in [1.807, 2.05) is 35.7 Å². The van der Waals surface area contributed by atoms with Crippen LogP contribution in [0, 0.1) is 0 Å². The number of hydrogen-bond donors (Lipinski definition) is 0. The van der Waals surface area contributed by atoms with Crippen LogP contribution < -0.4 is 4.74 Å². The molecule has 0 aliphatic carbocycles. The van der Waals surface area contributed by atoms with Crippen molar-refractivity contribution >= 4 is 11.8 Å². The third-order valence-electron chi connectivity index (χ3n) is 5.28. The lowest BCUT2D eigenvalue weighted by atomic mass is 9.98. The van der Waals surface area contributed by atoms with Crippen LogP contribution in [-0.2, 0) is 6.42 Å². The Morgan fingerprint density at radius 1 is 0.929 bits per heavy atom. The molecule has 3 heteroatoms. The van der Waals surface area contributed by atoms with Crippen molar-refractivity contribution in [2.45, 2.75) is 58.8 Å². The topological polar surface area (TPSA) is 30.7 Å². The highest BCUT2D eigenvalue weighted by Gasteiger charge is 2.16. The number of carbonyl (C=O) groups excluding carboxylic acids is 1. The predicted octanol–water partition coefficient (Wildman–Crippen LogP) is 6.72. The average Bonchev–Trinajstić information content (AvgIpc) is 3.10. The van der Waals surface area contributed by atoms with Gasteiger partial charge in [0.1, 0.15) is 5.75 Å². The van der Waals surface area contributed by atoms with Gasteiger partial charge in [-0.15, -0.1) is 0 Å². The number of hydrogen-bond acceptors (Lipinski definition) is 2. The van der Waals surface area contributed by atoms with Crippen molar-refractivity contribution in [2.24, 2.45) is 0 Å². The van der Waals surface area contributed by atoms with Gasteiger partial charge in [0.25, 0.3) is 0 Å². The number of ether oxygens (including phenoxy) is 1. The zero-order valence-corrected chi connectivity index (χ0v) is 17.1. The minimum atomic E-state index is 0.605. The molecule has 28 heavy (non-hydrogen) atoms. The molecule has 0 amide bonds. The van der Waals surface area contributed by atoms with Crippen molar-refractivity contribution in [3.63, 3.8) is 0 Å². The van der Waals surface area contributed by atoms with Crippen LogP contribution in [0.5, 0.6) is 5.75 Å². The molecule has 0 spiro atoms. The lowest BCUT2D eigenvalue weighted by molar-refractivity contribution is 0.111. The van der Waals surface area contributed by atoms with E-state index in [9.17, 15) is 4.79 Å². The molecule has 0 aliphatic heterocycles. The smallest absolute Gasteiger partial charge is 0.167 e. The van der Waals surface area contributed by atoms with Gasteiger partial charge in [0.15, 0.2) is 6.29 Å². The van der Waals surface area contributed by atoms with Gasteiger partial charge in [0.05, 0.1) is 12.3 Å². The van der Waals surface area contributed by atoms with Gasteiger partial charge in [0.2, 0.25) is 0 Å². The lowest BCUT2D eigenvalue weighted by Gasteiger charge is -2.12. The molecular weight excluding hydrogens is 346 g/mol. The quantitative estimate of drug-likeness (QED) is 0.274. The minimum Gasteiger partial charge on any atom is -0.493 e. The number of aldehydes is 1. The van der Waals surface area contributed by atoms with E-state index in [-0.39, 0.29) is 0 Å². The Morgan fingerprint density at radius 2 is 1.75 bits per heavy atom. The summed E-state index contributed by atoms with van der Waals surface area (Å²) in [6, 6.07) is 14.5. The van der Waals surface area contributed by atoms with E-state index >= 15 is 0 Å². The van der Waals surface area contributed by atoms with Crippen molar-refractivity contribution in [1.82, 2.24) is 4.40 Å². The summed E-state index contributed by atoms with van der Waals surface area (Å²) in [5.74, 6) is 0.841. The Labute approximate surface area is 168 Å². The van der Waals surface area contributed by atoms with Crippen LogP contribution in [0.1, 0.15) is 68.4 Å². The molecule has 0 unspecified atom stereocenters. The molecule has 148 valence electrons. The first-order valence-electron chi connectivity index (χ1n) is 10.6. The van der Waals surface area contributed by atoms with E-state index in [0.717, 1.165) is 35.1 Å². The summed E-state index contributed by atoms with van der Waals surface area (Å²) in [5.41, 5.74) is 4.95. The maximum atomic E-state index is 11.9. The summed E-state index contributed by atoms with van der Waals surface area (Å²) in [4.78, 5) is 11.9. The summed E-state index contributed by atoms with van der Waals surface area (Å²) in [5, 5.41) is 0. The summed E-state index contributed by atoms with van der Waals surface area (Å²) in [7, 11) is 0. The monoisotopic (exact) mass is 377 g/mol. The number of rotatable bonds is 11. The Hall–Kier alpha value is -2.55. The molecule has 0 bridgehead atoms. The van der Waals surface area contributed by atoms with Crippen molar-refractivity contribution < 1.29 is 9.53 Å². The first-order chi connectivity index (χ1) is 13.8. The van der Waals surface area contributed by atoms with Gasteiger partial charge in [-0.1, -0.05) is 51.2 Å². The maximum absolute atomic E-state index is 11.9. The van der Waals surface area contributed by atoms with E-state index < -0.39 is 0 Å². The van der Waals surface area contributed by atoms with E-state index in [1.165, 1.54) is 44.1 Å². The van der Waals surface area contributed by atoms with Crippen LogP contribution in [0.15, 0.2) is 48.7 Å². The molecular formula is C25H31NO2. The third kappa shape index (κ3) is 4.64. The van der Waals surface area contributed by atoms with Gasteiger partial charge in [-0.3, -0.25) is 4.79 Å². The zero-order valence-electron chi connectivity index (χ0n) is 17.1. The van der Waals surface area contributed by atoms with E-state index in [4.69, 9.17) is 4.74 Å². The van der Waals surface area contributed by atoms with E-state index in [1.54, 1.807) is 0 Å². The van der Waals surface area contributed by atoms with Gasteiger partial charge in [0, 0.05) is 22.8 Å². The molecule has 1 aromatic carbocycles. The van der Waals surface area contributed by atoms with Crippen LogP contribution in [0.2, 0.25) is 0 Å². The van der Waals surface area contributed by atoms with Gasteiger partial charge in [-0.05, 0) is 55.7 Å². The standard InChI is InChI=1S/C25H31NO2/c1-3-5-6-7-8-9-12-20-14-15-25(28-4-2)23(17-20)22-18-21-13-10-11-16-26(21)24(22)19-27/h10-11,13-19H,3-9,12H2,1-2H3. The van der Waals surface area contributed by atoms with Crippen LogP contribution in [0.3, 0.4) is 0 Å². The normalized spacial score (nSPS) is 11.1. The van der Waals surface area contributed by atoms with E-state index in [2.05, 4.69) is 31.2 Å². The summed E-state index contributed by atoms with van der Waals surface area (Å²) in [6.07, 6.45) is 11.7. The fourth-order valence-corrected chi connectivity index (χ4v) is 3.81. The van der Waals surface area contributed by atoms with E-state index in [0.29, 0.717) is 12.3 Å². The molecule has 0 radical (unpaired) electrons. The molecule has 0 saturated heterocycles. The van der Waals surface area contributed by atoms with Crippen molar-refractivity contribution in [3.8, 4) is 16.9 Å².